The summed E-state index contributed by atoms with van der Waals surface area (Å²) in [6.07, 6.45) is 1.69. The first-order valence-corrected chi connectivity index (χ1v) is 9.73. The fraction of sp³-hybridized carbons (Fsp3) is 0. The minimum atomic E-state index is -0.118. The molecule has 0 N–H and O–H groups in total. The van der Waals surface area contributed by atoms with Gasteiger partial charge in [-0.25, -0.2) is 14.4 Å². The van der Waals surface area contributed by atoms with E-state index in [2.05, 4.69) is 27.6 Å². The highest BCUT2D eigenvalue weighted by molar-refractivity contribution is 14.1. The van der Waals surface area contributed by atoms with E-state index >= 15 is 0 Å². The highest BCUT2D eigenvalue weighted by atomic mass is 127. The summed E-state index contributed by atoms with van der Waals surface area (Å²) in [5.41, 5.74) is 3.55. The molecule has 2 aromatic carbocycles. The van der Waals surface area contributed by atoms with E-state index < -0.39 is 0 Å². The van der Waals surface area contributed by atoms with E-state index in [1.807, 2.05) is 60.7 Å². The van der Waals surface area contributed by atoms with E-state index in [1.54, 1.807) is 10.6 Å². The Kier molecular flexibility index (Phi) is 3.87. The van der Waals surface area contributed by atoms with E-state index in [-0.39, 0.29) is 5.56 Å². The van der Waals surface area contributed by atoms with E-state index in [4.69, 9.17) is 16.6 Å². The number of hydrogen-bond acceptors (Lipinski definition) is 3. The van der Waals surface area contributed by atoms with Gasteiger partial charge in [0.15, 0.2) is 0 Å². The van der Waals surface area contributed by atoms with Crippen molar-refractivity contribution in [2.75, 3.05) is 0 Å². The number of nitrogens with zero attached hydrogens (tertiary/aromatic N) is 3. The van der Waals surface area contributed by atoms with Crippen molar-refractivity contribution in [3.05, 3.63) is 85.8 Å². The molecule has 0 aliphatic heterocycles. The predicted octanol–water partition coefficient (Wildman–Crippen LogP) is 5.32. The highest BCUT2D eigenvalue weighted by Gasteiger charge is 2.15. The van der Waals surface area contributed by atoms with Gasteiger partial charge in [-0.2, -0.15) is 0 Å². The average molecular weight is 484 g/mol. The molecule has 3 heterocycles. The molecular formula is C21H11ClIN3O. The number of aromatic nitrogens is 3. The van der Waals surface area contributed by atoms with Gasteiger partial charge in [-0.05, 0) is 76.7 Å². The van der Waals surface area contributed by atoms with Crippen LogP contribution in [0, 0.1) is 3.57 Å². The van der Waals surface area contributed by atoms with Crippen molar-refractivity contribution in [3.8, 4) is 11.1 Å². The van der Waals surface area contributed by atoms with E-state index in [0.29, 0.717) is 27.2 Å². The molecule has 0 atom stereocenters. The fourth-order valence-electron chi connectivity index (χ4n) is 3.31. The molecule has 130 valence electrons. The SMILES string of the molecule is O=c1c2cc(I)ccc2nc2c(-c3ccc(Cl)cc3)cc3cccnc3n12. The van der Waals surface area contributed by atoms with Gasteiger partial charge < -0.3 is 0 Å². The molecule has 5 aromatic rings. The maximum atomic E-state index is 13.4. The van der Waals surface area contributed by atoms with Gasteiger partial charge in [-0.3, -0.25) is 4.79 Å². The molecule has 0 aliphatic carbocycles. The molecule has 0 saturated heterocycles. The van der Waals surface area contributed by atoms with Gasteiger partial charge in [0.05, 0.1) is 10.9 Å². The molecule has 0 fully saturated rings. The summed E-state index contributed by atoms with van der Waals surface area (Å²) < 4.78 is 2.60. The minimum absolute atomic E-state index is 0.118. The molecule has 3 aromatic heterocycles. The van der Waals surface area contributed by atoms with Crippen LogP contribution in [-0.2, 0) is 0 Å². The van der Waals surface area contributed by atoms with E-state index in [9.17, 15) is 4.79 Å². The lowest BCUT2D eigenvalue weighted by Crippen LogP contribution is -2.17. The van der Waals surface area contributed by atoms with Gasteiger partial charge in [0, 0.05) is 25.7 Å². The Hall–Kier alpha value is -2.51. The van der Waals surface area contributed by atoms with E-state index in [0.717, 1.165) is 20.1 Å². The zero-order valence-electron chi connectivity index (χ0n) is 13.9. The fourth-order valence-corrected chi connectivity index (χ4v) is 3.92. The highest BCUT2D eigenvalue weighted by Crippen LogP contribution is 2.29. The molecule has 0 amide bonds. The van der Waals surface area contributed by atoms with Crippen molar-refractivity contribution in [1.82, 2.24) is 14.4 Å². The zero-order chi connectivity index (χ0) is 18.5. The number of fused-ring (bicyclic) bond motifs is 4. The number of hydrogen-bond donors (Lipinski definition) is 0. The second-order valence-corrected chi connectivity index (χ2v) is 7.90. The molecule has 6 heteroatoms. The van der Waals surface area contributed by atoms with Gasteiger partial charge in [0.25, 0.3) is 5.56 Å². The smallest absolute Gasteiger partial charge is 0.267 e. The van der Waals surface area contributed by atoms with Crippen LogP contribution in [0.2, 0.25) is 5.02 Å². The molecule has 5 rings (SSSR count). The maximum absolute atomic E-state index is 13.4. The van der Waals surface area contributed by atoms with Gasteiger partial charge >= 0.3 is 0 Å². The second kappa shape index (κ2) is 6.28. The summed E-state index contributed by atoms with van der Waals surface area (Å²) in [6, 6.07) is 19.1. The summed E-state index contributed by atoms with van der Waals surface area (Å²) in [5.74, 6) is 0. The molecule has 0 radical (unpaired) electrons. The minimum Gasteiger partial charge on any atom is -0.268 e. The Labute approximate surface area is 172 Å². The van der Waals surface area contributed by atoms with Gasteiger partial charge in [0.2, 0.25) is 0 Å². The Morgan fingerprint density at radius 3 is 2.59 bits per heavy atom. The number of rotatable bonds is 1. The summed E-state index contributed by atoms with van der Waals surface area (Å²) in [4.78, 5) is 22.6. The van der Waals surface area contributed by atoms with E-state index in [1.165, 1.54) is 0 Å². The normalized spacial score (nSPS) is 11.5. The van der Waals surface area contributed by atoms with Crippen LogP contribution in [0.3, 0.4) is 0 Å². The lowest BCUT2D eigenvalue weighted by Gasteiger charge is -2.12. The van der Waals surface area contributed by atoms with Crippen LogP contribution in [0.15, 0.2) is 71.7 Å². The third kappa shape index (κ3) is 2.69. The molecule has 0 saturated carbocycles. The molecule has 27 heavy (non-hydrogen) atoms. The molecule has 0 spiro atoms. The zero-order valence-corrected chi connectivity index (χ0v) is 16.8. The van der Waals surface area contributed by atoms with Gasteiger partial charge in [-0.15, -0.1) is 0 Å². The first kappa shape index (κ1) is 16.6. The van der Waals surface area contributed by atoms with Crippen LogP contribution in [0.5, 0.6) is 0 Å². The molecule has 0 unspecified atom stereocenters. The van der Waals surface area contributed by atoms with Crippen LogP contribution >= 0.6 is 34.2 Å². The topological polar surface area (TPSA) is 47.3 Å². The predicted molar refractivity (Wildman–Crippen MR) is 117 cm³/mol. The van der Waals surface area contributed by atoms with Gasteiger partial charge in [0.1, 0.15) is 11.3 Å². The van der Waals surface area contributed by atoms with Crippen molar-refractivity contribution in [2.45, 2.75) is 0 Å². The average Bonchev–Trinajstić information content (AvgIpc) is 2.68. The number of pyridine rings is 2. The van der Waals surface area contributed by atoms with Crippen LogP contribution < -0.4 is 5.56 Å². The van der Waals surface area contributed by atoms with Crippen molar-refractivity contribution in [3.63, 3.8) is 0 Å². The molecule has 4 nitrogen and oxygen atoms in total. The van der Waals surface area contributed by atoms with Crippen molar-refractivity contribution in [2.24, 2.45) is 0 Å². The van der Waals surface area contributed by atoms with Crippen molar-refractivity contribution < 1.29 is 0 Å². The summed E-state index contributed by atoms with van der Waals surface area (Å²) in [7, 11) is 0. The van der Waals surface area contributed by atoms with Crippen LogP contribution in [-0.4, -0.2) is 14.4 Å². The Morgan fingerprint density at radius 1 is 0.963 bits per heavy atom. The second-order valence-electron chi connectivity index (χ2n) is 6.22. The van der Waals surface area contributed by atoms with Crippen LogP contribution in [0.25, 0.3) is 38.7 Å². The summed E-state index contributed by atoms with van der Waals surface area (Å²) in [5, 5.41) is 2.12. The monoisotopic (exact) mass is 483 g/mol. The van der Waals surface area contributed by atoms with Crippen molar-refractivity contribution >= 4 is 61.8 Å². The maximum Gasteiger partial charge on any atom is 0.267 e. The van der Waals surface area contributed by atoms with Crippen molar-refractivity contribution in [1.29, 1.82) is 0 Å². The van der Waals surface area contributed by atoms with Gasteiger partial charge in [-0.1, -0.05) is 23.7 Å². The van der Waals surface area contributed by atoms with Crippen LogP contribution in [0.4, 0.5) is 0 Å². The molecule has 0 aliphatic rings. The lowest BCUT2D eigenvalue weighted by atomic mass is 10.0. The molecular weight excluding hydrogens is 473 g/mol. The third-order valence-electron chi connectivity index (χ3n) is 4.55. The number of halogens is 2. The standard InChI is InChI=1S/C21H11ClIN3O/c22-14-5-3-12(4-6-14)16-10-13-2-1-9-24-19(13)26-20(16)25-18-8-7-15(23)11-17(18)21(26)27/h1-11H. The molecule has 0 bridgehead atoms. The lowest BCUT2D eigenvalue weighted by molar-refractivity contribution is 1.10. The first-order chi connectivity index (χ1) is 13.1. The Balaban J connectivity index is 2.03. The summed E-state index contributed by atoms with van der Waals surface area (Å²) in [6.45, 7) is 0. The summed E-state index contributed by atoms with van der Waals surface area (Å²) >= 11 is 8.25. The number of benzene rings is 2. The quantitative estimate of drug-likeness (QED) is 0.184. The largest absolute Gasteiger partial charge is 0.268 e. The van der Waals surface area contributed by atoms with Crippen LogP contribution in [0.1, 0.15) is 0 Å². The Morgan fingerprint density at radius 2 is 1.78 bits per heavy atom. The third-order valence-corrected chi connectivity index (χ3v) is 5.48. The Bertz CT molecular complexity index is 1410. The first-order valence-electron chi connectivity index (χ1n) is 8.27.